The number of nitrogens with one attached hydrogen (secondary N) is 1. The van der Waals surface area contributed by atoms with Gasteiger partial charge in [-0.1, -0.05) is 0 Å². The highest BCUT2D eigenvalue weighted by molar-refractivity contribution is 5.31. The molecular formula is C14H15F2NO. The Morgan fingerprint density at radius 2 is 2.00 bits per heavy atom. The van der Waals surface area contributed by atoms with E-state index in [9.17, 15) is 8.78 Å². The molecule has 0 heterocycles. The van der Waals surface area contributed by atoms with Gasteiger partial charge in [-0.15, -0.1) is 12.3 Å². The molecule has 1 fully saturated rings. The Labute approximate surface area is 105 Å². The van der Waals surface area contributed by atoms with Gasteiger partial charge in [0.05, 0.1) is 6.61 Å². The molecule has 0 unspecified atom stereocenters. The first-order valence-electron chi connectivity index (χ1n) is 5.98. The first kappa shape index (κ1) is 12.8. The molecule has 2 nitrogen and oxygen atoms in total. The molecule has 2 rings (SSSR count). The van der Waals surface area contributed by atoms with Crippen LogP contribution in [0.15, 0.2) is 12.1 Å². The molecule has 0 atom stereocenters. The highest BCUT2D eigenvalue weighted by Gasteiger charge is 2.20. The third kappa shape index (κ3) is 3.44. The summed E-state index contributed by atoms with van der Waals surface area (Å²) in [4.78, 5) is 0. The molecule has 96 valence electrons. The van der Waals surface area contributed by atoms with Crippen molar-refractivity contribution in [1.82, 2.24) is 5.32 Å². The van der Waals surface area contributed by atoms with Crippen molar-refractivity contribution in [2.24, 2.45) is 0 Å². The van der Waals surface area contributed by atoms with Gasteiger partial charge in [0.2, 0.25) is 0 Å². The van der Waals surface area contributed by atoms with Gasteiger partial charge in [0.25, 0.3) is 0 Å². The fourth-order valence-corrected chi connectivity index (χ4v) is 1.61. The molecule has 0 aliphatic heterocycles. The first-order chi connectivity index (χ1) is 8.70. The van der Waals surface area contributed by atoms with Gasteiger partial charge in [0, 0.05) is 19.0 Å². The zero-order valence-corrected chi connectivity index (χ0v) is 10.0. The number of hydrogen-bond acceptors (Lipinski definition) is 2. The lowest BCUT2D eigenvalue weighted by molar-refractivity contribution is 0.292. The lowest BCUT2D eigenvalue weighted by Gasteiger charge is -2.09. The van der Waals surface area contributed by atoms with Crippen molar-refractivity contribution in [1.29, 1.82) is 0 Å². The van der Waals surface area contributed by atoms with E-state index in [2.05, 4.69) is 11.2 Å². The Morgan fingerprint density at radius 1 is 1.33 bits per heavy atom. The molecule has 1 aliphatic carbocycles. The second-order valence-corrected chi connectivity index (χ2v) is 4.35. The quantitative estimate of drug-likeness (QED) is 0.620. The number of ether oxygens (including phenoxy) is 1. The van der Waals surface area contributed by atoms with Gasteiger partial charge in [0.15, 0.2) is 17.4 Å². The van der Waals surface area contributed by atoms with Crippen LogP contribution in [0.3, 0.4) is 0 Å². The molecule has 1 aromatic carbocycles. The van der Waals surface area contributed by atoms with Crippen molar-refractivity contribution < 1.29 is 13.5 Å². The van der Waals surface area contributed by atoms with Crippen LogP contribution in [-0.4, -0.2) is 12.6 Å². The minimum atomic E-state index is -0.681. The minimum Gasteiger partial charge on any atom is -0.487 e. The molecule has 0 radical (unpaired) electrons. The summed E-state index contributed by atoms with van der Waals surface area (Å²) in [5.74, 6) is 0.639. The summed E-state index contributed by atoms with van der Waals surface area (Å²) in [6.45, 7) is 0.590. The third-order valence-corrected chi connectivity index (χ3v) is 2.72. The fraction of sp³-hybridized carbons (Fsp3) is 0.429. The van der Waals surface area contributed by atoms with Crippen LogP contribution < -0.4 is 10.1 Å². The van der Waals surface area contributed by atoms with Gasteiger partial charge < -0.3 is 10.1 Å². The van der Waals surface area contributed by atoms with Crippen molar-refractivity contribution in [2.75, 3.05) is 6.61 Å². The van der Waals surface area contributed by atoms with Crippen LogP contribution in [0.25, 0.3) is 0 Å². The Hall–Kier alpha value is -1.60. The van der Waals surface area contributed by atoms with Crippen molar-refractivity contribution in [3.05, 3.63) is 29.3 Å². The van der Waals surface area contributed by atoms with Gasteiger partial charge >= 0.3 is 0 Å². The Balaban J connectivity index is 2.00. The summed E-state index contributed by atoms with van der Waals surface area (Å²) >= 11 is 0. The zero-order valence-electron chi connectivity index (χ0n) is 10.0. The molecule has 0 aromatic heterocycles. The highest BCUT2D eigenvalue weighted by Crippen LogP contribution is 2.24. The summed E-state index contributed by atoms with van der Waals surface area (Å²) in [6, 6.07) is 3.09. The van der Waals surface area contributed by atoms with Crippen LogP contribution in [0, 0.1) is 24.0 Å². The predicted molar refractivity (Wildman–Crippen MR) is 65.2 cm³/mol. The topological polar surface area (TPSA) is 21.3 Å². The molecule has 0 spiro atoms. The van der Waals surface area contributed by atoms with Crippen molar-refractivity contribution in [2.45, 2.75) is 31.8 Å². The largest absolute Gasteiger partial charge is 0.487 e. The smallest absolute Gasteiger partial charge is 0.190 e. The zero-order chi connectivity index (χ0) is 13.0. The maximum Gasteiger partial charge on any atom is 0.190 e. The summed E-state index contributed by atoms with van der Waals surface area (Å²) < 4.78 is 32.3. The molecule has 1 aliphatic rings. The van der Waals surface area contributed by atoms with Crippen molar-refractivity contribution in [3.63, 3.8) is 0 Å². The average molecular weight is 251 g/mol. The van der Waals surface area contributed by atoms with Crippen LogP contribution in [0.5, 0.6) is 5.75 Å². The van der Waals surface area contributed by atoms with Gasteiger partial charge in [-0.2, -0.15) is 0 Å². The Kier molecular flexibility index (Phi) is 4.16. The average Bonchev–Trinajstić information content (AvgIpc) is 3.14. The first-order valence-corrected chi connectivity index (χ1v) is 5.98. The van der Waals surface area contributed by atoms with Crippen molar-refractivity contribution >= 4 is 0 Å². The lowest BCUT2D eigenvalue weighted by atomic mass is 10.2. The summed E-state index contributed by atoms with van der Waals surface area (Å²) in [5.41, 5.74) is 0.584. The second-order valence-electron chi connectivity index (χ2n) is 4.35. The van der Waals surface area contributed by atoms with E-state index in [0.717, 1.165) is 12.8 Å². The SMILES string of the molecule is C#CCCOc1c(F)cc(CNC2CC2)cc1F. The molecule has 1 aromatic rings. The molecule has 0 amide bonds. The number of halogens is 2. The Morgan fingerprint density at radius 3 is 2.56 bits per heavy atom. The van der Waals surface area contributed by atoms with Crippen LogP contribution in [-0.2, 0) is 6.54 Å². The minimum absolute atomic E-state index is 0.115. The summed E-state index contributed by atoms with van der Waals surface area (Å²) in [6.07, 6.45) is 7.64. The van der Waals surface area contributed by atoms with Gasteiger partial charge in [-0.05, 0) is 30.5 Å². The van der Waals surface area contributed by atoms with Crippen LogP contribution in [0.1, 0.15) is 24.8 Å². The number of terminal acetylenes is 1. The van der Waals surface area contributed by atoms with Gasteiger partial charge in [0.1, 0.15) is 0 Å². The Bertz CT molecular complexity index is 440. The summed E-state index contributed by atoms with van der Waals surface area (Å²) in [5, 5.41) is 3.20. The molecule has 0 bridgehead atoms. The van der Waals surface area contributed by atoms with E-state index in [1.165, 1.54) is 12.1 Å². The fourth-order valence-electron chi connectivity index (χ4n) is 1.61. The maximum absolute atomic E-state index is 13.6. The van der Waals surface area contributed by atoms with E-state index < -0.39 is 11.6 Å². The molecule has 1 saturated carbocycles. The highest BCUT2D eigenvalue weighted by atomic mass is 19.1. The lowest BCUT2D eigenvalue weighted by Crippen LogP contribution is -2.15. The standard InChI is InChI=1S/C14H15F2NO/c1-2-3-6-18-14-12(15)7-10(8-13(14)16)9-17-11-4-5-11/h1,7-8,11,17H,3-6,9H2. The monoisotopic (exact) mass is 251 g/mol. The van der Waals surface area contributed by atoms with E-state index in [-0.39, 0.29) is 12.4 Å². The van der Waals surface area contributed by atoms with E-state index in [1.54, 1.807) is 0 Å². The molecule has 18 heavy (non-hydrogen) atoms. The van der Waals surface area contributed by atoms with E-state index >= 15 is 0 Å². The van der Waals surface area contributed by atoms with Crippen LogP contribution in [0.2, 0.25) is 0 Å². The van der Waals surface area contributed by atoms with E-state index in [0.29, 0.717) is 24.6 Å². The molecule has 0 saturated heterocycles. The molecule has 1 N–H and O–H groups in total. The number of rotatable bonds is 6. The van der Waals surface area contributed by atoms with Crippen LogP contribution in [0.4, 0.5) is 8.78 Å². The van der Waals surface area contributed by atoms with Crippen molar-refractivity contribution in [3.8, 4) is 18.1 Å². The maximum atomic E-state index is 13.6. The predicted octanol–water partition coefficient (Wildman–Crippen LogP) is 2.62. The van der Waals surface area contributed by atoms with E-state index in [4.69, 9.17) is 11.2 Å². The van der Waals surface area contributed by atoms with E-state index in [1.807, 2.05) is 0 Å². The molecule has 4 heteroatoms. The third-order valence-electron chi connectivity index (χ3n) is 2.72. The summed E-state index contributed by atoms with van der Waals surface area (Å²) in [7, 11) is 0. The number of hydrogen-bond donors (Lipinski definition) is 1. The molecular weight excluding hydrogens is 236 g/mol. The van der Waals surface area contributed by atoms with Gasteiger partial charge in [-0.25, -0.2) is 8.78 Å². The normalized spacial score (nSPS) is 14.3. The van der Waals surface area contributed by atoms with Gasteiger partial charge in [-0.3, -0.25) is 0 Å². The number of benzene rings is 1. The second kappa shape index (κ2) is 5.83. The van der Waals surface area contributed by atoms with Crippen LogP contribution >= 0.6 is 0 Å².